The molecular formula is C19H27NO3S. The Labute approximate surface area is 145 Å². The minimum atomic E-state index is -3.06. The van der Waals surface area contributed by atoms with Gasteiger partial charge in [-0.2, -0.15) is 0 Å². The lowest BCUT2D eigenvalue weighted by Crippen LogP contribution is -2.51. The van der Waals surface area contributed by atoms with Crippen molar-refractivity contribution in [2.24, 2.45) is 0 Å². The van der Waals surface area contributed by atoms with E-state index in [1.54, 1.807) is 6.92 Å². The van der Waals surface area contributed by atoms with Crippen molar-refractivity contribution in [1.29, 1.82) is 0 Å². The van der Waals surface area contributed by atoms with Crippen LogP contribution in [-0.2, 0) is 20.0 Å². The van der Waals surface area contributed by atoms with Gasteiger partial charge in [-0.1, -0.05) is 49.1 Å². The van der Waals surface area contributed by atoms with Gasteiger partial charge in [-0.05, 0) is 38.7 Å². The smallest absolute Gasteiger partial charge is 0.230 e. The fraction of sp³-hybridized carbons (Fsp3) is 0.632. The highest BCUT2D eigenvalue weighted by Crippen LogP contribution is 2.40. The summed E-state index contributed by atoms with van der Waals surface area (Å²) in [6.07, 6.45) is 5.46. The molecule has 1 heterocycles. The van der Waals surface area contributed by atoms with Crippen LogP contribution in [0.2, 0.25) is 0 Å². The molecule has 5 heteroatoms. The second-order valence-corrected chi connectivity index (χ2v) is 9.93. The van der Waals surface area contributed by atoms with Crippen molar-refractivity contribution >= 4 is 15.7 Å². The fourth-order valence-electron chi connectivity index (χ4n) is 4.20. The van der Waals surface area contributed by atoms with E-state index in [2.05, 4.69) is 11.4 Å². The predicted molar refractivity (Wildman–Crippen MR) is 95.7 cm³/mol. The molecule has 0 spiro atoms. The molecule has 1 aliphatic carbocycles. The molecule has 132 valence electrons. The molecule has 1 saturated heterocycles. The lowest BCUT2D eigenvalue weighted by Gasteiger charge is -2.37. The molecule has 4 nitrogen and oxygen atoms in total. The monoisotopic (exact) mass is 349 g/mol. The molecule has 0 aromatic heterocycles. The van der Waals surface area contributed by atoms with Gasteiger partial charge in [0.2, 0.25) is 5.91 Å². The summed E-state index contributed by atoms with van der Waals surface area (Å²) in [5, 5.41) is 2.61. The summed E-state index contributed by atoms with van der Waals surface area (Å²) in [6.45, 7) is 3.76. The minimum Gasteiger partial charge on any atom is -0.351 e. The number of nitrogens with one attached hydrogen (secondary N) is 1. The predicted octanol–water partition coefficient (Wildman–Crippen LogP) is 2.89. The van der Waals surface area contributed by atoms with Crippen molar-refractivity contribution in [2.75, 3.05) is 5.75 Å². The normalized spacial score (nSPS) is 28.4. The summed E-state index contributed by atoms with van der Waals surface area (Å²) in [4.78, 5) is 13.2. The summed E-state index contributed by atoms with van der Waals surface area (Å²) in [7, 11) is -3.06. The molecule has 0 bridgehead atoms. The summed E-state index contributed by atoms with van der Waals surface area (Å²) >= 11 is 0. The lowest BCUT2D eigenvalue weighted by atomic mass is 9.68. The molecule has 1 aliphatic heterocycles. The molecule has 1 aromatic carbocycles. The molecular weight excluding hydrogens is 322 g/mol. The maximum absolute atomic E-state index is 13.2. The van der Waals surface area contributed by atoms with Crippen LogP contribution in [-0.4, -0.2) is 31.4 Å². The van der Waals surface area contributed by atoms with Crippen molar-refractivity contribution in [3.8, 4) is 0 Å². The Bertz CT molecular complexity index is 720. The van der Waals surface area contributed by atoms with E-state index in [4.69, 9.17) is 0 Å². The molecule has 0 radical (unpaired) electrons. The standard InChI is InChI=1S/C19H27NO3S/c1-14-7-6-8-16(13-14)19(10-4-3-5-11-19)18(21)20-17-9-12-24(22,23)15(17)2/h6-8,13,15,17H,3-5,9-12H2,1-2H3,(H,20,21)/t15-,17-/m0/s1. The van der Waals surface area contributed by atoms with Crippen molar-refractivity contribution in [3.05, 3.63) is 35.4 Å². The average Bonchev–Trinajstić information content (AvgIpc) is 2.82. The maximum atomic E-state index is 13.2. The Morgan fingerprint density at radius 3 is 2.50 bits per heavy atom. The number of carbonyl (C=O) groups is 1. The van der Waals surface area contributed by atoms with Gasteiger partial charge in [0.15, 0.2) is 9.84 Å². The summed E-state index contributed by atoms with van der Waals surface area (Å²) in [5.74, 6) is 0.193. The van der Waals surface area contributed by atoms with Gasteiger partial charge in [0.25, 0.3) is 0 Å². The van der Waals surface area contributed by atoms with E-state index < -0.39 is 20.5 Å². The maximum Gasteiger partial charge on any atom is 0.230 e. The molecule has 2 fully saturated rings. The second kappa shape index (κ2) is 6.51. The topological polar surface area (TPSA) is 63.2 Å². The van der Waals surface area contributed by atoms with Gasteiger partial charge in [0.1, 0.15) is 0 Å². The number of hydrogen-bond acceptors (Lipinski definition) is 3. The zero-order valence-electron chi connectivity index (χ0n) is 14.5. The number of rotatable bonds is 3. The fourth-order valence-corrected chi connectivity index (χ4v) is 5.86. The molecule has 1 aromatic rings. The van der Waals surface area contributed by atoms with Gasteiger partial charge in [-0.25, -0.2) is 8.42 Å². The van der Waals surface area contributed by atoms with Gasteiger partial charge in [-0.15, -0.1) is 0 Å². The molecule has 24 heavy (non-hydrogen) atoms. The first kappa shape index (κ1) is 17.5. The first-order chi connectivity index (χ1) is 11.3. The Balaban J connectivity index is 1.88. The highest BCUT2D eigenvalue weighted by molar-refractivity contribution is 7.92. The molecule has 1 amide bonds. The summed E-state index contributed by atoms with van der Waals surface area (Å²) in [5.41, 5.74) is 1.73. The van der Waals surface area contributed by atoms with Crippen molar-refractivity contribution in [1.82, 2.24) is 5.32 Å². The van der Waals surface area contributed by atoms with Crippen molar-refractivity contribution < 1.29 is 13.2 Å². The third-order valence-corrected chi connectivity index (χ3v) is 8.14. The lowest BCUT2D eigenvalue weighted by molar-refractivity contribution is -0.128. The van der Waals surface area contributed by atoms with E-state index in [9.17, 15) is 13.2 Å². The van der Waals surface area contributed by atoms with Gasteiger partial charge < -0.3 is 5.32 Å². The number of benzene rings is 1. The Kier molecular flexibility index (Phi) is 4.73. The van der Waals surface area contributed by atoms with Crippen molar-refractivity contribution in [3.63, 3.8) is 0 Å². The number of amides is 1. The van der Waals surface area contributed by atoms with Gasteiger partial charge in [0, 0.05) is 6.04 Å². The van der Waals surface area contributed by atoms with E-state index in [0.717, 1.165) is 43.2 Å². The van der Waals surface area contributed by atoms with Crippen LogP contribution in [0.25, 0.3) is 0 Å². The largest absolute Gasteiger partial charge is 0.351 e. The zero-order valence-corrected chi connectivity index (χ0v) is 15.4. The SMILES string of the molecule is Cc1cccc(C2(C(=O)N[C@H]3CCS(=O)(=O)[C@H]3C)CCCCC2)c1. The molecule has 1 N–H and O–H groups in total. The van der Waals surface area contributed by atoms with Crippen molar-refractivity contribution in [2.45, 2.75) is 69.1 Å². The van der Waals surface area contributed by atoms with Crippen LogP contribution in [0.15, 0.2) is 24.3 Å². The van der Waals surface area contributed by atoms with E-state index in [0.29, 0.717) is 6.42 Å². The Morgan fingerprint density at radius 1 is 1.21 bits per heavy atom. The number of hydrogen-bond donors (Lipinski definition) is 1. The zero-order chi connectivity index (χ0) is 17.4. The third-order valence-electron chi connectivity index (χ3n) is 5.88. The van der Waals surface area contributed by atoms with Crippen LogP contribution in [0.3, 0.4) is 0 Å². The first-order valence-corrected chi connectivity index (χ1v) is 10.7. The van der Waals surface area contributed by atoms with Crippen LogP contribution in [0.4, 0.5) is 0 Å². The van der Waals surface area contributed by atoms with Crippen LogP contribution < -0.4 is 5.32 Å². The van der Waals surface area contributed by atoms with Gasteiger partial charge >= 0.3 is 0 Å². The Morgan fingerprint density at radius 2 is 1.92 bits per heavy atom. The van der Waals surface area contributed by atoms with Gasteiger partial charge in [0.05, 0.1) is 16.4 Å². The molecule has 2 aliphatic rings. The van der Waals surface area contributed by atoms with E-state index in [1.165, 1.54) is 0 Å². The van der Waals surface area contributed by atoms with Gasteiger partial charge in [-0.3, -0.25) is 4.79 Å². The average molecular weight is 349 g/mol. The highest BCUT2D eigenvalue weighted by atomic mass is 32.2. The van der Waals surface area contributed by atoms with Crippen LogP contribution in [0.1, 0.15) is 56.6 Å². The summed E-state index contributed by atoms with van der Waals surface area (Å²) < 4.78 is 23.9. The van der Waals surface area contributed by atoms with E-state index >= 15 is 0 Å². The summed E-state index contributed by atoms with van der Waals surface area (Å²) in [6, 6.07) is 7.96. The van der Waals surface area contributed by atoms with E-state index in [1.807, 2.05) is 25.1 Å². The van der Waals surface area contributed by atoms with Crippen LogP contribution in [0, 0.1) is 6.92 Å². The second-order valence-electron chi connectivity index (χ2n) is 7.45. The number of aryl methyl sites for hydroxylation is 1. The number of sulfone groups is 1. The molecule has 2 atom stereocenters. The van der Waals surface area contributed by atoms with E-state index in [-0.39, 0.29) is 17.7 Å². The first-order valence-electron chi connectivity index (χ1n) is 8.95. The minimum absolute atomic E-state index is 0.0155. The van der Waals surface area contributed by atoms with Crippen LogP contribution >= 0.6 is 0 Å². The molecule has 3 rings (SSSR count). The number of carbonyl (C=O) groups excluding carboxylic acids is 1. The third kappa shape index (κ3) is 3.10. The highest BCUT2D eigenvalue weighted by Gasteiger charge is 2.44. The molecule has 1 saturated carbocycles. The Hall–Kier alpha value is -1.36. The van der Waals surface area contributed by atoms with Crippen LogP contribution in [0.5, 0.6) is 0 Å². The molecule has 0 unspecified atom stereocenters. The quantitative estimate of drug-likeness (QED) is 0.913.